The summed E-state index contributed by atoms with van der Waals surface area (Å²) in [4.78, 5) is 39.1. The fraction of sp³-hybridized carbons (Fsp3) is 0.0909. The van der Waals surface area contributed by atoms with Crippen molar-refractivity contribution in [3.8, 4) is 11.5 Å². The van der Waals surface area contributed by atoms with Crippen molar-refractivity contribution in [3.63, 3.8) is 0 Å². The van der Waals surface area contributed by atoms with Crippen molar-refractivity contribution < 1.29 is 19.1 Å². The zero-order chi connectivity index (χ0) is 22.2. The minimum Gasteiger partial charge on any atom is -0.457 e. The van der Waals surface area contributed by atoms with Crippen LogP contribution in [0.25, 0.3) is 0 Å². The Labute approximate surface area is 178 Å². The molecule has 1 aromatic heterocycles. The average Bonchev–Trinajstić information content (AvgIpc) is 2.78. The second-order valence-corrected chi connectivity index (χ2v) is 6.42. The molecular weight excluding hydrogens is 398 g/mol. The van der Waals surface area contributed by atoms with E-state index in [2.05, 4.69) is 26.5 Å². The number of rotatable bonds is 7. The number of urea groups is 1. The number of ketones is 1. The molecular formula is C22H21N5O4. The van der Waals surface area contributed by atoms with Crippen molar-refractivity contribution >= 4 is 29.1 Å². The summed E-state index contributed by atoms with van der Waals surface area (Å²) in [7, 11) is 1.52. The molecule has 0 unspecified atom stereocenters. The van der Waals surface area contributed by atoms with Crippen LogP contribution >= 0.6 is 0 Å². The van der Waals surface area contributed by atoms with Crippen molar-refractivity contribution in [2.75, 3.05) is 17.8 Å². The van der Waals surface area contributed by atoms with Crippen LogP contribution in [0.5, 0.6) is 11.5 Å². The predicted octanol–water partition coefficient (Wildman–Crippen LogP) is 3.58. The Morgan fingerprint density at radius 2 is 1.65 bits per heavy atom. The molecule has 0 aliphatic carbocycles. The molecule has 0 saturated heterocycles. The quantitative estimate of drug-likeness (QED) is 0.343. The first kappa shape index (κ1) is 21.3. The molecule has 2 aromatic carbocycles. The van der Waals surface area contributed by atoms with Crippen LogP contribution in [0.1, 0.15) is 27.8 Å². The number of ether oxygens (including phenoxy) is 1. The third-order valence-electron chi connectivity index (χ3n) is 4.13. The van der Waals surface area contributed by atoms with Gasteiger partial charge in [0.1, 0.15) is 17.2 Å². The molecule has 0 aliphatic heterocycles. The summed E-state index contributed by atoms with van der Waals surface area (Å²) in [6.07, 6.45) is 1.48. The fourth-order valence-corrected chi connectivity index (χ4v) is 2.58. The molecule has 31 heavy (non-hydrogen) atoms. The molecule has 0 radical (unpaired) electrons. The maximum atomic E-state index is 12.1. The number of carbonyl (C=O) groups excluding carboxylic acids is 3. The van der Waals surface area contributed by atoms with Gasteiger partial charge in [0, 0.05) is 36.6 Å². The van der Waals surface area contributed by atoms with Gasteiger partial charge in [0.05, 0.1) is 5.69 Å². The third-order valence-corrected chi connectivity index (χ3v) is 4.13. The summed E-state index contributed by atoms with van der Waals surface area (Å²) in [6.45, 7) is 1.48. The summed E-state index contributed by atoms with van der Waals surface area (Å²) >= 11 is 0. The number of anilines is 2. The molecule has 3 rings (SSSR count). The van der Waals surface area contributed by atoms with Gasteiger partial charge in [-0.3, -0.25) is 25.4 Å². The van der Waals surface area contributed by atoms with E-state index >= 15 is 0 Å². The monoisotopic (exact) mass is 419 g/mol. The highest BCUT2D eigenvalue weighted by Crippen LogP contribution is 2.24. The van der Waals surface area contributed by atoms with Gasteiger partial charge in [-0.05, 0) is 49.4 Å². The number of Topliss-reactive ketones (excluding diaryl/α,β-unsaturated/α-hetero) is 1. The number of nitrogens with zero attached hydrogens (tertiary/aromatic N) is 1. The van der Waals surface area contributed by atoms with E-state index in [-0.39, 0.29) is 17.4 Å². The molecule has 9 heteroatoms. The lowest BCUT2D eigenvalue weighted by Crippen LogP contribution is -2.33. The molecule has 0 spiro atoms. The smallest absolute Gasteiger partial charge is 0.337 e. The Hall–Kier alpha value is -4.40. The van der Waals surface area contributed by atoms with E-state index in [0.717, 1.165) is 0 Å². The van der Waals surface area contributed by atoms with Crippen molar-refractivity contribution in [3.05, 3.63) is 78.1 Å². The van der Waals surface area contributed by atoms with Gasteiger partial charge in [-0.25, -0.2) is 4.79 Å². The Balaban J connectivity index is 1.57. The molecule has 4 N–H and O–H groups in total. The SMILES string of the molecule is CNC(=O)c1cc(Oc2cccc(NNC(=O)Nc3ccc(C(C)=O)cc3)c2)ccn1. The first-order chi connectivity index (χ1) is 14.9. The van der Waals surface area contributed by atoms with Gasteiger partial charge >= 0.3 is 6.03 Å². The molecule has 158 valence electrons. The number of amides is 3. The summed E-state index contributed by atoms with van der Waals surface area (Å²) in [5, 5.41) is 5.16. The predicted molar refractivity (Wildman–Crippen MR) is 116 cm³/mol. The van der Waals surface area contributed by atoms with Crippen LogP contribution in [-0.4, -0.2) is 29.8 Å². The van der Waals surface area contributed by atoms with E-state index in [9.17, 15) is 14.4 Å². The topological polar surface area (TPSA) is 121 Å². The molecule has 0 atom stereocenters. The van der Waals surface area contributed by atoms with Crippen LogP contribution < -0.4 is 26.2 Å². The standard InChI is InChI=1S/C22H21N5O4/c1-14(28)15-6-8-16(9-7-15)25-22(30)27-26-17-4-3-5-18(12-17)31-19-10-11-24-20(13-19)21(29)23-2/h3-13,26H,1-2H3,(H,23,29)(H2,25,27,30). The lowest BCUT2D eigenvalue weighted by atomic mass is 10.1. The Kier molecular flexibility index (Phi) is 6.79. The van der Waals surface area contributed by atoms with Crippen LogP contribution in [0, 0.1) is 0 Å². The third kappa shape index (κ3) is 6.04. The lowest BCUT2D eigenvalue weighted by molar-refractivity contribution is 0.0956. The molecule has 3 amide bonds. The largest absolute Gasteiger partial charge is 0.457 e. The van der Waals surface area contributed by atoms with Crippen LogP contribution in [0.2, 0.25) is 0 Å². The zero-order valence-electron chi connectivity index (χ0n) is 16.9. The first-order valence-corrected chi connectivity index (χ1v) is 9.34. The van der Waals surface area contributed by atoms with E-state index in [1.54, 1.807) is 54.6 Å². The Morgan fingerprint density at radius 1 is 0.903 bits per heavy atom. The fourth-order valence-electron chi connectivity index (χ4n) is 2.58. The van der Waals surface area contributed by atoms with Crippen LogP contribution in [0.3, 0.4) is 0 Å². The Bertz CT molecular complexity index is 1100. The first-order valence-electron chi connectivity index (χ1n) is 9.34. The molecule has 0 aliphatic rings. The summed E-state index contributed by atoms with van der Waals surface area (Å²) in [5.41, 5.74) is 7.25. The summed E-state index contributed by atoms with van der Waals surface area (Å²) < 4.78 is 5.77. The van der Waals surface area contributed by atoms with Gasteiger partial charge in [-0.15, -0.1) is 0 Å². The second kappa shape index (κ2) is 9.88. The minimum atomic E-state index is -0.480. The number of aromatic nitrogens is 1. The Morgan fingerprint density at radius 3 is 2.35 bits per heavy atom. The van der Waals surface area contributed by atoms with Crippen molar-refractivity contribution in [2.45, 2.75) is 6.92 Å². The van der Waals surface area contributed by atoms with Crippen molar-refractivity contribution in [2.24, 2.45) is 0 Å². The summed E-state index contributed by atoms with van der Waals surface area (Å²) in [5.74, 6) is 0.593. The van der Waals surface area contributed by atoms with Crippen LogP contribution in [-0.2, 0) is 0 Å². The number of nitrogens with one attached hydrogen (secondary N) is 4. The average molecular weight is 419 g/mol. The molecule has 1 heterocycles. The minimum absolute atomic E-state index is 0.0450. The van der Waals surface area contributed by atoms with Gasteiger partial charge in [-0.1, -0.05) is 6.07 Å². The highest BCUT2D eigenvalue weighted by molar-refractivity contribution is 5.95. The second-order valence-electron chi connectivity index (χ2n) is 6.42. The van der Waals surface area contributed by atoms with E-state index in [1.165, 1.54) is 26.2 Å². The van der Waals surface area contributed by atoms with Crippen molar-refractivity contribution in [1.82, 2.24) is 15.7 Å². The highest BCUT2D eigenvalue weighted by atomic mass is 16.5. The molecule has 0 saturated carbocycles. The zero-order valence-corrected chi connectivity index (χ0v) is 16.9. The molecule has 9 nitrogen and oxygen atoms in total. The van der Waals surface area contributed by atoms with E-state index in [4.69, 9.17) is 4.74 Å². The number of hydrogen-bond donors (Lipinski definition) is 4. The van der Waals surface area contributed by atoms with Gasteiger partial charge in [0.2, 0.25) is 0 Å². The highest BCUT2D eigenvalue weighted by Gasteiger charge is 2.08. The number of hydrogen-bond acceptors (Lipinski definition) is 6. The van der Waals surface area contributed by atoms with Crippen LogP contribution in [0.4, 0.5) is 16.2 Å². The maximum absolute atomic E-state index is 12.1. The number of carbonyl (C=O) groups is 3. The maximum Gasteiger partial charge on any atom is 0.337 e. The van der Waals surface area contributed by atoms with Gasteiger partial charge in [-0.2, -0.15) is 0 Å². The van der Waals surface area contributed by atoms with Crippen molar-refractivity contribution in [1.29, 1.82) is 0 Å². The van der Waals surface area contributed by atoms with Crippen LogP contribution in [0.15, 0.2) is 66.9 Å². The van der Waals surface area contributed by atoms with Gasteiger partial charge < -0.3 is 15.4 Å². The number of benzene rings is 2. The normalized spacial score (nSPS) is 10.0. The van der Waals surface area contributed by atoms with Gasteiger partial charge in [0.15, 0.2) is 5.78 Å². The van der Waals surface area contributed by atoms with E-state index in [0.29, 0.717) is 28.4 Å². The van der Waals surface area contributed by atoms with Gasteiger partial charge in [0.25, 0.3) is 5.91 Å². The number of pyridine rings is 1. The molecule has 3 aromatic rings. The summed E-state index contributed by atoms with van der Waals surface area (Å²) in [6, 6.07) is 16.2. The lowest BCUT2D eigenvalue weighted by Gasteiger charge is -2.12. The number of hydrazine groups is 1. The van der Waals surface area contributed by atoms with E-state index < -0.39 is 6.03 Å². The van der Waals surface area contributed by atoms with E-state index in [1.807, 2.05) is 0 Å². The molecule has 0 bridgehead atoms. The molecule has 0 fully saturated rings.